The molecule has 0 fully saturated rings. The van der Waals surface area contributed by atoms with Crippen molar-refractivity contribution in [1.82, 2.24) is 10.9 Å². The summed E-state index contributed by atoms with van der Waals surface area (Å²) >= 11 is 9.11. The predicted octanol–water partition coefficient (Wildman–Crippen LogP) is 3.72. The van der Waals surface area contributed by atoms with E-state index in [-0.39, 0.29) is 12.3 Å². The number of carbonyl (C=O) groups excluding carboxylic acids is 2. The van der Waals surface area contributed by atoms with Gasteiger partial charge in [-0.2, -0.15) is 0 Å². The molecule has 0 aliphatic rings. The van der Waals surface area contributed by atoms with E-state index in [0.29, 0.717) is 23.6 Å². The highest BCUT2D eigenvalue weighted by atomic mass is 79.9. The number of nitrogens with one attached hydrogen (secondary N) is 2. The summed E-state index contributed by atoms with van der Waals surface area (Å²) in [5.74, 6) is 0.0568. The fourth-order valence-electron chi connectivity index (χ4n) is 1.84. The van der Waals surface area contributed by atoms with Crippen LogP contribution in [-0.2, 0) is 4.79 Å². The van der Waals surface area contributed by atoms with Gasteiger partial charge in [0.1, 0.15) is 5.75 Å². The van der Waals surface area contributed by atoms with Crippen LogP contribution in [0.4, 0.5) is 0 Å². The fourth-order valence-corrected chi connectivity index (χ4v) is 2.35. The van der Waals surface area contributed by atoms with E-state index in [0.717, 1.165) is 10.2 Å². The van der Waals surface area contributed by atoms with Gasteiger partial charge in [0.05, 0.1) is 6.61 Å². The number of amides is 2. The van der Waals surface area contributed by atoms with Crippen LogP contribution in [-0.4, -0.2) is 18.4 Å². The van der Waals surface area contributed by atoms with E-state index in [2.05, 4.69) is 26.8 Å². The van der Waals surface area contributed by atoms with E-state index in [1.165, 1.54) is 0 Å². The van der Waals surface area contributed by atoms with Crippen molar-refractivity contribution >= 4 is 39.3 Å². The van der Waals surface area contributed by atoms with Gasteiger partial charge in [-0.15, -0.1) is 0 Å². The second-order valence-electron chi connectivity index (χ2n) is 4.92. The average molecular weight is 412 g/mol. The molecule has 24 heavy (non-hydrogen) atoms. The molecule has 0 unspecified atom stereocenters. The summed E-state index contributed by atoms with van der Waals surface area (Å²) in [4.78, 5) is 23.5. The van der Waals surface area contributed by atoms with Crippen LogP contribution in [0.5, 0.6) is 5.75 Å². The summed E-state index contributed by atoms with van der Waals surface area (Å²) in [5.41, 5.74) is 5.14. The number of hydrazine groups is 1. The fraction of sp³-hybridized carbons (Fsp3) is 0.176. The second-order valence-corrected chi connectivity index (χ2v) is 6.27. The molecule has 126 valence electrons. The quantitative estimate of drug-likeness (QED) is 0.562. The van der Waals surface area contributed by atoms with Gasteiger partial charge in [0.25, 0.3) is 5.91 Å². The Balaban J connectivity index is 1.64. The number of halogens is 2. The van der Waals surface area contributed by atoms with Gasteiger partial charge in [-0.05, 0) is 48.9 Å². The molecule has 2 amide bonds. The highest BCUT2D eigenvalue weighted by molar-refractivity contribution is 9.10. The molecule has 0 saturated heterocycles. The van der Waals surface area contributed by atoms with Crippen molar-refractivity contribution in [2.24, 2.45) is 0 Å². The highest BCUT2D eigenvalue weighted by Gasteiger charge is 2.07. The summed E-state index contributed by atoms with van der Waals surface area (Å²) < 4.78 is 6.47. The molecule has 2 aromatic carbocycles. The van der Waals surface area contributed by atoms with Crippen molar-refractivity contribution in [3.8, 4) is 5.75 Å². The number of ether oxygens (including phenoxy) is 1. The Bertz CT molecular complexity index is 707. The zero-order valence-corrected chi connectivity index (χ0v) is 15.1. The molecule has 2 aromatic rings. The minimum Gasteiger partial charge on any atom is -0.494 e. The van der Waals surface area contributed by atoms with Crippen LogP contribution in [0, 0.1) is 0 Å². The normalized spacial score (nSPS) is 10.1. The maximum atomic E-state index is 11.8. The monoisotopic (exact) mass is 410 g/mol. The number of rotatable bonds is 6. The van der Waals surface area contributed by atoms with E-state index in [1.54, 1.807) is 24.3 Å². The second kappa shape index (κ2) is 9.30. The van der Waals surface area contributed by atoms with Gasteiger partial charge in [-0.3, -0.25) is 20.4 Å². The van der Waals surface area contributed by atoms with E-state index in [1.807, 2.05) is 24.3 Å². The summed E-state index contributed by atoms with van der Waals surface area (Å²) in [6, 6.07) is 13.9. The average Bonchev–Trinajstić information content (AvgIpc) is 2.57. The number of carbonyl (C=O) groups is 2. The molecule has 0 heterocycles. The first-order valence-electron chi connectivity index (χ1n) is 7.28. The van der Waals surface area contributed by atoms with Gasteiger partial charge < -0.3 is 4.74 Å². The number of benzene rings is 2. The molecule has 0 aromatic heterocycles. The molecule has 0 aliphatic carbocycles. The van der Waals surface area contributed by atoms with Crippen molar-refractivity contribution in [2.75, 3.05) is 6.61 Å². The van der Waals surface area contributed by atoms with Gasteiger partial charge in [-0.25, -0.2) is 0 Å². The van der Waals surface area contributed by atoms with Crippen molar-refractivity contribution in [3.63, 3.8) is 0 Å². The van der Waals surface area contributed by atoms with E-state index in [9.17, 15) is 9.59 Å². The molecule has 5 nitrogen and oxygen atoms in total. The molecule has 2 rings (SSSR count). The molecule has 0 radical (unpaired) electrons. The lowest BCUT2D eigenvalue weighted by Crippen LogP contribution is -2.41. The molecule has 0 spiro atoms. The third-order valence-electron chi connectivity index (χ3n) is 3.03. The summed E-state index contributed by atoms with van der Waals surface area (Å²) in [7, 11) is 0. The van der Waals surface area contributed by atoms with Crippen LogP contribution < -0.4 is 15.6 Å². The Morgan fingerprint density at radius 1 is 1.08 bits per heavy atom. The molecular formula is C17H16BrClN2O3. The van der Waals surface area contributed by atoms with Crippen LogP contribution >= 0.6 is 27.5 Å². The highest BCUT2D eigenvalue weighted by Crippen LogP contribution is 2.17. The SMILES string of the molecule is O=C(CCCOc1cccc(Br)c1)NNC(=O)c1ccc(Cl)cc1. The Hall–Kier alpha value is -2.05. The number of hydrogen-bond donors (Lipinski definition) is 2. The summed E-state index contributed by atoms with van der Waals surface area (Å²) in [5, 5.41) is 0.543. The zero-order valence-electron chi connectivity index (χ0n) is 12.7. The van der Waals surface area contributed by atoms with Gasteiger partial charge >= 0.3 is 0 Å². The van der Waals surface area contributed by atoms with Crippen LogP contribution in [0.1, 0.15) is 23.2 Å². The van der Waals surface area contributed by atoms with Gasteiger partial charge in [0.2, 0.25) is 5.91 Å². The topological polar surface area (TPSA) is 67.4 Å². The van der Waals surface area contributed by atoms with Crippen molar-refractivity contribution < 1.29 is 14.3 Å². The van der Waals surface area contributed by atoms with Crippen molar-refractivity contribution in [1.29, 1.82) is 0 Å². The summed E-state index contributed by atoms with van der Waals surface area (Å²) in [6.45, 7) is 0.412. The van der Waals surface area contributed by atoms with Crippen molar-refractivity contribution in [3.05, 3.63) is 63.6 Å². The Labute approximate surface area is 153 Å². The first-order chi connectivity index (χ1) is 11.5. The molecule has 0 atom stereocenters. The van der Waals surface area contributed by atoms with Crippen LogP contribution in [0.3, 0.4) is 0 Å². The standard InChI is InChI=1S/C17H16BrClN2O3/c18-13-3-1-4-15(11-13)24-10-2-5-16(22)20-21-17(23)12-6-8-14(19)9-7-12/h1,3-4,6-9,11H,2,5,10H2,(H,20,22)(H,21,23). The largest absolute Gasteiger partial charge is 0.494 e. The molecule has 0 aliphatic heterocycles. The lowest BCUT2D eigenvalue weighted by molar-refractivity contribution is -0.122. The van der Waals surface area contributed by atoms with E-state index in [4.69, 9.17) is 16.3 Å². The van der Waals surface area contributed by atoms with E-state index < -0.39 is 5.91 Å². The molecule has 0 bridgehead atoms. The third kappa shape index (κ3) is 6.22. The zero-order chi connectivity index (χ0) is 17.4. The third-order valence-corrected chi connectivity index (χ3v) is 3.78. The molecule has 7 heteroatoms. The molecule has 2 N–H and O–H groups in total. The summed E-state index contributed by atoms with van der Waals surface area (Å²) in [6.07, 6.45) is 0.782. The maximum Gasteiger partial charge on any atom is 0.269 e. The van der Waals surface area contributed by atoms with E-state index >= 15 is 0 Å². The Morgan fingerprint density at radius 3 is 2.54 bits per heavy atom. The van der Waals surface area contributed by atoms with Gasteiger partial charge in [-0.1, -0.05) is 33.6 Å². The maximum absolute atomic E-state index is 11.8. The van der Waals surface area contributed by atoms with Crippen LogP contribution in [0.25, 0.3) is 0 Å². The smallest absolute Gasteiger partial charge is 0.269 e. The Kier molecular flexibility index (Phi) is 7.08. The minimum absolute atomic E-state index is 0.245. The minimum atomic E-state index is -0.398. The number of hydrogen-bond acceptors (Lipinski definition) is 3. The van der Waals surface area contributed by atoms with Crippen LogP contribution in [0.15, 0.2) is 53.0 Å². The first kappa shape index (κ1) is 18.3. The van der Waals surface area contributed by atoms with Gasteiger partial charge in [0, 0.05) is 21.5 Å². The van der Waals surface area contributed by atoms with Crippen molar-refractivity contribution in [2.45, 2.75) is 12.8 Å². The predicted molar refractivity (Wildman–Crippen MR) is 95.9 cm³/mol. The lowest BCUT2D eigenvalue weighted by Gasteiger charge is -2.08. The Morgan fingerprint density at radius 2 is 1.83 bits per heavy atom. The first-order valence-corrected chi connectivity index (χ1v) is 8.45. The lowest BCUT2D eigenvalue weighted by atomic mass is 10.2. The van der Waals surface area contributed by atoms with Crippen LogP contribution in [0.2, 0.25) is 5.02 Å². The van der Waals surface area contributed by atoms with Gasteiger partial charge in [0.15, 0.2) is 0 Å². The molecular weight excluding hydrogens is 396 g/mol. The molecule has 0 saturated carbocycles.